The number of para-hydroxylation sites is 2. The number of nitrogens with zero attached hydrogens (tertiary/aromatic N) is 2. The summed E-state index contributed by atoms with van der Waals surface area (Å²) in [7, 11) is 0. The van der Waals surface area contributed by atoms with E-state index in [9.17, 15) is 0 Å². The van der Waals surface area contributed by atoms with Gasteiger partial charge in [0.2, 0.25) is 0 Å². The Morgan fingerprint density at radius 3 is 1.31 bits per heavy atom. The molecule has 0 saturated heterocycles. The molecule has 2 nitrogen and oxygen atoms in total. The number of rotatable bonds is 4. The van der Waals surface area contributed by atoms with Crippen molar-refractivity contribution in [1.82, 2.24) is 4.57 Å². The number of benzene rings is 11. The van der Waals surface area contributed by atoms with Crippen LogP contribution in [0.5, 0.6) is 0 Å². The number of hydrogen-bond acceptors (Lipinski definition) is 1. The molecule has 3 aliphatic carbocycles. The summed E-state index contributed by atoms with van der Waals surface area (Å²) in [6.45, 7) is 0. The fraction of sp³-hybridized carbons (Fsp3) is 0.0303. The van der Waals surface area contributed by atoms with Crippen LogP contribution in [0.2, 0.25) is 0 Å². The Kier molecular flexibility index (Phi) is 7.67. The van der Waals surface area contributed by atoms with E-state index in [1.165, 1.54) is 99.3 Å². The van der Waals surface area contributed by atoms with E-state index in [1.807, 2.05) is 0 Å². The maximum atomic E-state index is 2.53. The topological polar surface area (TPSA) is 8.17 Å². The summed E-state index contributed by atoms with van der Waals surface area (Å²) in [5.41, 5.74) is 21.9. The molecular weight excluding hydrogens is 821 g/mol. The van der Waals surface area contributed by atoms with Crippen molar-refractivity contribution in [1.29, 1.82) is 0 Å². The third kappa shape index (κ3) is 4.66. The van der Waals surface area contributed by atoms with Crippen LogP contribution in [0.3, 0.4) is 0 Å². The first-order valence-electron chi connectivity index (χ1n) is 23.8. The van der Waals surface area contributed by atoms with Gasteiger partial charge in [0, 0.05) is 38.9 Å². The van der Waals surface area contributed by atoms with E-state index in [1.54, 1.807) is 0 Å². The summed E-state index contributed by atoms with van der Waals surface area (Å²) in [4.78, 5) is 2.33. The van der Waals surface area contributed by atoms with E-state index in [0.717, 1.165) is 22.7 Å². The summed E-state index contributed by atoms with van der Waals surface area (Å²) in [5.74, 6) is 0. The van der Waals surface area contributed by atoms with Crippen LogP contribution in [0.1, 0.15) is 44.5 Å². The molecule has 0 bridgehead atoms. The molecule has 316 valence electrons. The predicted molar refractivity (Wildman–Crippen MR) is 281 cm³/mol. The Morgan fingerprint density at radius 1 is 0.294 bits per heavy atom. The molecule has 0 fully saturated rings. The molecule has 0 aliphatic heterocycles. The fourth-order valence-corrected chi connectivity index (χ4v) is 13.2. The van der Waals surface area contributed by atoms with Crippen LogP contribution in [-0.2, 0) is 10.8 Å². The average molecular weight is 863 g/mol. The van der Waals surface area contributed by atoms with Gasteiger partial charge in [-0.25, -0.2) is 0 Å². The second-order valence-corrected chi connectivity index (χ2v) is 18.7. The van der Waals surface area contributed by atoms with Crippen molar-refractivity contribution < 1.29 is 0 Å². The van der Waals surface area contributed by atoms with Crippen LogP contribution >= 0.6 is 0 Å². The van der Waals surface area contributed by atoms with Crippen molar-refractivity contribution in [2.24, 2.45) is 0 Å². The largest absolute Gasteiger partial charge is 0.311 e. The van der Waals surface area contributed by atoms with Crippen LogP contribution < -0.4 is 4.90 Å². The molecule has 0 radical (unpaired) electrons. The van der Waals surface area contributed by atoms with Crippen LogP contribution in [0.15, 0.2) is 255 Å². The lowest BCUT2D eigenvalue weighted by Crippen LogP contribution is -2.43. The van der Waals surface area contributed by atoms with Crippen molar-refractivity contribution in [2.45, 2.75) is 10.8 Å². The molecule has 0 amide bonds. The molecule has 0 atom stereocenters. The monoisotopic (exact) mass is 862 g/mol. The SMILES string of the molecule is c1ccc(N(c2ccccc2)c2ccc(-n3c4ccc5c(c4c4ccc6ccccc6c43)-c3ccccc3C53c4ccccc4C4(c5ccccc5-c5ccccc54)c4ccccc43)cc2)cc1. The second kappa shape index (κ2) is 13.9. The normalized spacial score (nSPS) is 14.1. The van der Waals surface area contributed by atoms with Gasteiger partial charge in [-0.2, -0.15) is 0 Å². The first-order chi connectivity index (χ1) is 33.8. The zero-order chi connectivity index (χ0) is 44.6. The maximum Gasteiger partial charge on any atom is 0.0720 e. The van der Waals surface area contributed by atoms with Gasteiger partial charge >= 0.3 is 0 Å². The number of hydrogen-bond donors (Lipinski definition) is 0. The molecule has 1 aromatic heterocycles. The lowest BCUT2D eigenvalue weighted by atomic mass is 9.52. The van der Waals surface area contributed by atoms with Gasteiger partial charge in [0.1, 0.15) is 0 Å². The quantitative estimate of drug-likeness (QED) is 0.171. The Labute approximate surface area is 395 Å². The fourth-order valence-electron chi connectivity index (χ4n) is 13.2. The summed E-state index contributed by atoms with van der Waals surface area (Å²) in [6, 6.07) is 95.4. The van der Waals surface area contributed by atoms with Gasteiger partial charge in [-0.05, 0) is 127 Å². The molecular formula is C66H42N2. The van der Waals surface area contributed by atoms with Crippen molar-refractivity contribution in [3.63, 3.8) is 0 Å². The van der Waals surface area contributed by atoms with E-state index in [2.05, 4.69) is 264 Å². The molecule has 2 heteroatoms. The first-order valence-corrected chi connectivity index (χ1v) is 23.8. The number of aromatic nitrogens is 1. The summed E-state index contributed by atoms with van der Waals surface area (Å²) >= 11 is 0. The van der Waals surface area contributed by atoms with Crippen molar-refractivity contribution in [3.05, 3.63) is 299 Å². The van der Waals surface area contributed by atoms with Gasteiger partial charge in [0.05, 0.1) is 21.9 Å². The first kappa shape index (κ1) is 37.5. The summed E-state index contributed by atoms with van der Waals surface area (Å²) in [6.07, 6.45) is 0. The van der Waals surface area contributed by atoms with E-state index in [0.29, 0.717) is 0 Å². The Bertz CT molecular complexity index is 3890. The highest BCUT2D eigenvalue weighted by molar-refractivity contribution is 6.24. The minimum Gasteiger partial charge on any atom is -0.311 e. The van der Waals surface area contributed by atoms with Gasteiger partial charge in [-0.3, -0.25) is 0 Å². The molecule has 0 saturated carbocycles. The highest BCUT2D eigenvalue weighted by Crippen LogP contribution is 2.68. The van der Waals surface area contributed by atoms with Gasteiger partial charge < -0.3 is 9.47 Å². The van der Waals surface area contributed by atoms with Gasteiger partial charge in [-0.15, -0.1) is 0 Å². The lowest BCUT2D eigenvalue weighted by Gasteiger charge is -2.48. The second-order valence-electron chi connectivity index (χ2n) is 18.7. The van der Waals surface area contributed by atoms with Crippen LogP contribution in [0.25, 0.3) is 60.5 Å². The van der Waals surface area contributed by atoms with Crippen LogP contribution in [0.4, 0.5) is 17.1 Å². The predicted octanol–water partition coefficient (Wildman–Crippen LogP) is 16.4. The van der Waals surface area contributed by atoms with Crippen molar-refractivity contribution in [3.8, 4) is 27.9 Å². The number of anilines is 3. The molecule has 11 aromatic carbocycles. The Morgan fingerprint density at radius 2 is 0.735 bits per heavy atom. The van der Waals surface area contributed by atoms with Gasteiger partial charge in [0.25, 0.3) is 0 Å². The third-order valence-corrected chi connectivity index (χ3v) is 15.6. The molecule has 2 spiro atoms. The zero-order valence-electron chi connectivity index (χ0n) is 37.1. The van der Waals surface area contributed by atoms with E-state index < -0.39 is 10.8 Å². The van der Waals surface area contributed by atoms with Gasteiger partial charge in [-0.1, -0.05) is 200 Å². The highest BCUT2D eigenvalue weighted by atomic mass is 15.1. The molecule has 1 heterocycles. The highest BCUT2D eigenvalue weighted by Gasteiger charge is 2.59. The van der Waals surface area contributed by atoms with E-state index >= 15 is 0 Å². The number of fused-ring (bicyclic) bond motifs is 22. The van der Waals surface area contributed by atoms with E-state index in [-0.39, 0.29) is 0 Å². The molecule has 0 N–H and O–H groups in total. The summed E-state index contributed by atoms with van der Waals surface area (Å²) in [5, 5.41) is 5.02. The molecule has 15 rings (SSSR count). The Hall–Kier alpha value is -8.72. The minimum absolute atomic E-state index is 0.481. The van der Waals surface area contributed by atoms with Crippen LogP contribution in [0, 0.1) is 0 Å². The zero-order valence-corrected chi connectivity index (χ0v) is 37.1. The maximum absolute atomic E-state index is 2.53. The average Bonchev–Trinajstić information content (AvgIpc) is 4.02. The van der Waals surface area contributed by atoms with E-state index in [4.69, 9.17) is 0 Å². The molecule has 68 heavy (non-hydrogen) atoms. The van der Waals surface area contributed by atoms with Crippen molar-refractivity contribution >= 4 is 49.6 Å². The van der Waals surface area contributed by atoms with Crippen molar-refractivity contribution in [2.75, 3.05) is 4.90 Å². The van der Waals surface area contributed by atoms with Gasteiger partial charge in [0.15, 0.2) is 0 Å². The standard InChI is InChI=1S/C66H42N2/c1-3-20-44(21-4-1)67(45-22-5-2-6-23-45)46-36-38-47(39-37-46)68-61-42-41-60-62(63(61)52-40-35-43-19-7-8-24-48(43)64(52)68)51-27-11-14-30-55(51)66(60)58-33-17-15-31-56(58)65(57-32-16-18-34-59(57)66)53-28-12-9-25-49(53)50-26-10-13-29-54(50)65/h1-42H. The summed E-state index contributed by atoms with van der Waals surface area (Å²) < 4.78 is 2.53. The molecule has 0 unspecified atom stereocenters. The Balaban J connectivity index is 1.03. The third-order valence-electron chi connectivity index (χ3n) is 15.6. The van der Waals surface area contributed by atoms with Crippen LogP contribution in [-0.4, -0.2) is 4.57 Å². The smallest absolute Gasteiger partial charge is 0.0720 e. The minimum atomic E-state index is -0.573. The molecule has 12 aromatic rings. The molecule has 3 aliphatic rings. The lowest BCUT2D eigenvalue weighted by molar-refractivity contribution is 0.633.